The van der Waals surface area contributed by atoms with E-state index in [4.69, 9.17) is 4.74 Å². The van der Waals surface area contributed by atoms with Gasteiger partial charge in [0.2, 0.25) is 0 Å². The van der Waals surface area contributed by atoms with Gasteiger partial charge in [0.15, 0.2) is 5.78 Å². The number of carbonyl (C=O) groups excluding carboxylic acids is 2. The van der Waals surface area contributed by atoms with Gasteiger partial charge in [-0.1, -0.05) is 36.9 Å². The van der Waals surface area contributed by atoms with E-state index in [0.29, 0.717) is 24.0 Å². The molecule has 92 valence electrons. The molecule has 0 saturated heterocycles. The largest absolute Gasteiger partial charge is 0.380 e. The molecule has 0 N–H and O–H groups in total. The Hall–Kier alpha value is -2.00. The molecule has 1 aliphatic carbocycles. The Balaban J connectivity index is 2.55. The van der Waals surface area contributed by atoms with E-state index in [1.165, 1.54) is 0 Å². The van der Waals surface area contributed by atoms with Crippen molar-refractivity contribution in [3.8, 4) is 0 Å². The molecule has 3 nitrogen and oxygen atoms in total. The van der Waals surface area contributed by atoms with Crippen molar-refractivity contribution in [3.63, 3.8) is 0 Å². The van der Waals surface area contributed by atoms with Crippen LogP contribution in [0.1, 0.15) is 5.56 Å². The normalized spacial score (nSPS) is 19.5. The Labute approximate surface area is 106 Å². The van der Waals surface area contributed by atoms with Gasteiger partial charge in [0.25, 0.3) is 0 Å². The van der Waals surface area contributed by atoms with E-state index in [1.807, 2.05) is 30.3 Å². The maximum absolute atomic E-state index is 12.2. The Bertz CT molecular complexity index is 526. The average molecular weight is 242 g/mol. The highest BCUT2D eigenvalue weighted by Gasteiger charge is 2.36. The number of Topliss-reactive ketones (excluding diaryl/α,β-unsaturated/α-hetero) is 1. The first-order valence-electron chi connectivity index (χ1n) is 5.67. The molecule has 2 rings (SSSR count). The van der Waals surface area contributed by atoms with E-state index in [9.17, 15) is 9.59 Å². The summed E-state index contributed by atoms with van der Waals surface area (Å²) in [5, 5.41) is 0. The zero-order valence-electron chi connectivity index (χ0n) is 10.2. The summed E-state index contributed by atoms with van der Waals surface area (Å²) in [5.41, 5.74) is 2.64. The van der Waals surface area contributed by atoms with Gasteiger partial charge < -0.3 is 9.53 Å². The minimum Gasteiger partial charge on any atom is -0.380 e. The lowest BCUT2D eigenvalue weighted by molar-refractivity contribution is -0.121. The molecule has 0 radical (unpaired) electrons. The Kier molecular flexibility index (Phi) is 3.53. The van der Waals surface area contributed by atoms with Crippen LogP contribution in [0.5, 0.6) is 0 Å². The molecule has 0 spiro atoms. The topological polar surface area (TPSA) is 43.4 Å². The Morgan fingerprint density at radius 2 is 2.00 bits per heavy atom. The van der Waals surface area contributed by atoms with Gasteiger partial charge >= 0.3 is 0 Å². The fourth-order valence-electron chi connectivity index (χ4n) is 2.19. The Morgan fingerprint density at radius 1 is 1.33 bits per heavy atom. The zero-order chi connectivity index (χ0) is 13.1. The summed E-state index contributed by atoms with van der Waals surface area (Å²) < 4.78 is 5.10. The highest BCUT2D eigenvalue weighted by Crippen LogP contribution is 2.37. The van der Waals surface area contributed by atoms with Crippen LogP contribution >= 0.6 is 0 Å². The highest BCUT2D eigenvalue weighted by molar-refractivity contribution is 6.31. The highest BCUT2D eigenvalue weighted by atomic mass is 16.5. The van der Waals surface area contributed by atoms with Gasteiger partial charge in [-0.25, -0.2) is 0 Å². The van der Waals surface area contributed by atoms with Crippen LogP contribution in [-0.2, 0) is 14.3 Å². The number of hydrogen-bond acceptors (Lipinski definition) is 3. The van der Waals surface area contributed by atoms with E-state index in [1.54, 1.807) is 7.11 Å². The number of hydrogen-bond donors (Lipinski definition) is 0. The molecule has 0 saturated carbocycles. The lowest BCUT2D eigenvalue weighted by Crippen LogP contribution is -2.12. The summed E-state index contributed by atoms with van der Waals surface area (Å²) in [6.07, 6.45) is 0.649. The van der Waals surface area contributed by atoms with Gasteiger partial charge in [-0.15, -0.1) is 0 Å². The van der Waals surface area contributed by atoms with Crippen molar-refractivity contribution in [1.29, 1.82) is 0 Å². The van der Waals surface area contributed by atoms with E-state index in [2.05, 4.69) is 6.58 Å². The first-order valence-corrected chi connectivity index (χ1v) is 5.67. The molecule has 18 heavy (non-hydrogen) atoms. The van der Waals surface area contributed by atoms with Gasteiger partial charge in [0.1, 0.15) is 12.2 Å². The molecule has 0 heterocycles. The number of methoxy groups -OCH3 is 1. The van der Waals surface area contributed by atoms with Crippen LogP contribution in [0.4, 0.5) is 0 Å². The lowest BCUT2D eigenvalue weighted by atomic mass is 9.99. The van der Waals surface area contributed by atoms with Crippen molar-refractivity contribution in [2.24, 2.45) is 5.92 Å². The predicted octanol–water partition coefficient (Wildman–Crippen LogP) is 2.04. The summed E-state index contributed by atoms with van der Waals surface area (Å²) in [6.45, 7) is 4.13. The summed E-state index contributed by atoms with van der Waals surface area (Å²) in [6, 6.07) is 9.30. The molecule has 0 bridgehead atoms. The summed E-state index contributed by atoms with van der Waals surface area (Å²) >= 11 is 0. The average Bonchev–Trinajstić information content (AvgIpc) is 2.62. The molecule has 0 amide bonds. The van der Waals surface area contributed by atoms with Crippen molar-refractivity contribution >= 4 is 17.6 Å². The third-order valence-electron chi connectivity index (χ3n) is 3.08. The van der Waals surface area contributed by atoms with Crippen LogP contribution in [0.2, 0.25) is 0 Å². The van der Waals surface area contributed by atoms with E-state index in [-0.39, 0.29) is 5.78 Å². The molecule has 3 heteroatoms. The smallest absolute Gasteiger partial charge is 0.178 e. The second-order valence-electron chi connectivity index (χ2n) is 4.16. The summed E-state index contributed by atoms with van der Waals surface area (Å²) in [4.78, 5) is 23.2. The summed E-state index contributed by atoms with van der Waals surface area (Å²) in [5.74, 6) is -0.946. The van der Waals surface area contributed by atoms with Crippen molar-refractivity contribution in [1.82, 2.24) is 0 Å². The van der Waals surface area contributed by atoms with Gasteiger partial charge in [-0.3, -0.25) is 4.79 Å². The van der Waals surface area contributed by atoms with Crippen LogP contribution in [0.25, 0.3) is 5.57 Å². The van der Waals surface area contributed by atoms with E-state index in [0.717, 1.165) is 11.1 Å². The fourth-order valence-corrected chi connectivity index (χ4v) is 2.19. The monoisotopic (exact) mass is 242 g/mol. The third kappa shape index (κ3) is 1.93. The third-order valence-corrected chi connectivity index (χ3v) is 3.08. The second kappa shape index (κ2) is 5.10. The molecular weight excluding hydrogens is 228 g/mol. The molecule has 1 unspecified atom stereocenters. The minimum absolute atomic E-state index is 0.187. The van der Waals surface area contributed by atoms with Crippen LogP contribution in [0.15, 0.2) is 48.1 Å². The first kappa shape index (κ1) is 12.5. The quantitative estimate of drug-likeness (QED) is 0.599. The SMILES string of the molecule is C=C1C(COC)=C(c2ccccc2)C(=O)C1C=O. The van der Waals surface area contributed by atoms with Crippen LogP contribution in [-0.4, -0.2) is 25.8 Å². The van der Waals surface area contributed by atoms with Crippen LogP contribution < -0.4 is 0 Å². The maximum atomic E-state index is 12.2. The van der Waals surface area contributed by atoms with Crippen LogP contribution in [0, 0.1) is 5.92 Å². The fraction of sp³-hybridized carbons (Fsp3) is 0.200. The maximum Gasteiger partial charge on any atom is 0.178 e. The van der Waals surface area contributed by atoms with Crippen molar-refractivity contribution < 1.29 is 14.3 Å². The van der Waals surface area contributed by atoms with Gasteiger partial charge in [0, 0.05) is 12.7 Å². The van der Waals surface area contributed by atoms with E-state index >= 15 is 0 Å². The van der Waals surface area contributed by atoms with Gasteiger partial charge in [-0.05, 0) is 16.7 Å². The number of carbonyl (C=O) groups is 2. The van der Waals surface area contributed by atoms with Crippen molar-refractivity contribution in [2.45, 2.75) is 0 Å². The lowest BCUT2D eigenvalue weighted by Gasteiger charge is -2.06. The number of ketones is 1. The zero-order valence-corrected chi connectivity index (χ0v) is 10.2. The molecule has 0 aliphatic heterocycles. The number of allylic oxidation sites excluding steroid dienone is 1. The van der Waals surface area contributed by atoms with Crippen LogP contribution in [0.3, 0.4) is 0 Å². The number of aldehydes is 1. The molecule has 0 fully saturated rings. The predicted molar refractivity (Wildman–Crippen MR) is 68.9 cm³/mol. The number of rotatable bonds is 4. The molecular formula is C15H14O3. The molecule has 0 aromatic heterocycles. The minimum atomic E-state index is -0.759. The molecule has 1 aliphatic rings. The number of ether oxygens (including phenoxy) is 1. The molecule has 1 aromatic rings. The van der Waals surface area contributed by atoms with Gasteiger partial charge in [0.05, 0.1) is 6.61 Å². The molecule has 1 aromatic carbocycles. The standard InChI is InChI=1S/C15H14O3/c1-10-12(8-16)15(17)14(13(10)9-18-2)11-6-4-3-5-7-11/h3-8,12H,1,9H2,2H3. The van der Waals surface area contributed by atoms with Crippen molar-refractivity contribution in [3.05, 3.63) is 53.6 Å². The van der Waals surface area contributed by atoms with Gasteiger partial charge in [-0.2, -0.15) is 0 Å². The van der Waals surface area contributed by atoms with Crippen molar-refractivity contribution in [2.75, 3.05) is 13.7 Å². The number of benzene rings is 1. The summed E-state index contributed by atoms with van der Waals surface area (Å²) in [7, 11) is 1.56. The van der Waals surface area contributed by atoms with E-state index < -0.39 is 5.92 Å². The Morgan fingerprint density at radius 3 is 2.56 bits per heavy atom. The second-order valence-corrected chi connectivity index (χ2v) is 4.16. The molecule has 1 atom stereocenters. The first-order chi connectivity index (χ1) is 8.70.